The molecule has 27 heavy (non-hydrogen) atoms. The summed E-state index contributed by atoms with van der Waals surface area (Å²) < 4.78 is 20.2. The van der Waals surface area contributed by atoms with E-state index < -0.39 is 43.5 Å². The number of carbonyl (C=O) groups is 2. The zero-order valence-electron chi connectivity index (χ0n) is 15.6. The third-order valence-electron chi connectivity index (χ3n) is 4.00. The molecule has 1 heterocycles. The van der Waals surface area contributed by atoms with Gasteiger partial charge in [0.2, 0.25) is 5.91 Å². The van der Waals surface area contributed by atoms with Gasteiger partial charge in [-0.2, -0.15) is 0 Å². The zero-order chi connectivity index (χ0) is 20.9. The van der Waals surface area contributed by atoms with Gasteiger partial charge in [0, 0.05) is 0 Å². The summed E-state index contributed by atoms with van der Waals surface area (Å²) in [5.41, 5.74) is -1.15. The molecule has 0 fully saturated rings. The summed E-state index contributed by atoms with van der Waals surface area (Å²) >= 11 is 0. The fraction of sp³-hybridized carbons (Fsp3) is 0.615. The Labute approximate surface area is 179 Å². The molecule has 5 N–H and O–H groups in total. The summed E-state index contributed by atoms with van der Waals surface area (Å²) in [6, 6.07) is -0.845. The second kappa shape index (κ2) is 11.0. The van der Waals surface area contributed by atoms with Crippen LogP contribution in [0.15, 0.2) is 16.6 Å². The average Bonchev–Trinajstić information content (AvgIpc) is 2.45. The molecule has 0 spiro atoms. The Morgan fingerprint density at radius 2 is 1.67 bits per heavy atom. The number of hydrogen-bond acceptors (Lipinski definition) is 5. The molecule has 0 aromatic heterocycles. The molecule has 14 heteroatoms. The molecule has 0 bridgehead atoms. The Morgan fingerprint density at radius 1 is 1.22 bits per heavy atom. The molecule has 1 rings (SSSR count). The van der Waals surface area contributed by atoms with E-state index in [9.17, 15) is 23.8 Å². The van der Waals surface area contributed by atoms with Gasteiger partial charge in [-0.15, -0.1) is 0 Å². The molecule has 0 saturated heterocycles. The van der Waals surface area contributed by atoms with Gasteiger partial charge in [-0.3, -0.25) is 18.7 Å². The molecule has 2 amide bonds. The quantitative estimate of drug-likeness (QED) is 0.164. The predicted molar refractivity (Wildman–Crippen MR) is 90.6 cm³/mol. The first-order valence-electron chi connectivity index (χ1n) is 7.57. The standard InChI is InChI=1S/C11H18N2O3.C2H6O6P2.Na/c1-4-6-7(3)11(5-2)8(14)12-10(16)13-9(11)15;1-2(9(3,4)5)10(6,7)8;/h7H,4-6H2,1-3H3,(H2,12,13,14,15,16);1H2,(H2,3,4,5)(H2,6,7,8);/q;;+1/p-1. The maximum Gasteiger partial charge on any atom is 1.00 e. The van der Waals surface area contributed by atoms with Gasteiger partial charge in [-0.1, -0.05) is 33.8 Å². The van der Waals surface area contributed by atoms with E-state index in [2.05, 4.69) is 16.9 Å². The van der Waals surface area contributed by atoms with E-state index in [1.807, 2.05) is 13.8 Å². The zero-order valence-corrected chi connectivity index (χ0v) is 19.4. The molecule has 0 aromatic rings. The Kier molecular flexibility index (Phi) is 11.8. The van der Waals surface area contributed by atoms with Crippen molar-refractivity contribution in [2.75, 3.05) is 0 Å². The first-order chi connectivity index (χ1) is 11.6. The fourth-order valence-electron chi connectivity index (χ4n) is 2.47. The Bertz CT molecular complexity index is 676. The van der Waals surface area contributed by atoms with Gasteiger partial charge in [0.05, 0.1) is 6.02 Å². The minimum atomic E-state index is -4.84. The summed E-state index contributed by atoms with van der Waals surface area (Å²) in [6.45, 7) is 8.19. The Morgan fingerprint density at radius 3 is 1.93 bits per heavy atom. The van der Waals surface area contributed by atoms with Crippen LogP contribution < -0.4 is 40.0 Å². The van der Waals surface area contributed by atoms with E-state index in [-0.39, 0.29) is 35.5 Å². The molecule has 11 nitrogen and oxygen atoms in total. The van der Waals surface area contributed by atoms with Gasteiger partial charge in [0.15, 0.2) is 0 Å². The fourth-order valence-corrected chi connectivity index (χ4v) is 3.83. The van der Waals surface area contributed by atoms with Crippen LogP contribution in [0.3, 0.4) is 0 Å². The van der Waals surface area contributed by atoms with Crippen LogP contribution in [-0.4, -0.2) is 37.4 Å². The van der Waals surface area contributed by atoms with E-state index in [4.69, 9.17) is 19.6 Å². The number of amidine groups is 1. The average molecular weight is 436 g/mol. The molecule has 2 atom stereocenters. The van der Waals surface area contributed by atoms with Crippen molar-refractivity contribution in [3.8, 4) is 0 Å². The van der Waals surface area contributed by atoms with E-state index in [1.54, 1.807) is 6.92 Å². The summed E-state index contributed by atoms with van der Waals surface area (Å²) in [4.78, 5) is 59.6. The summed E-state index contributed by atoms with van der Waals surface area (Å²) in [7, 11) is -9.67. The number of aliphatic imine (C=N–C) groups is 1. The van der Waals surface area contributed by atoms with E-state index in [0.29, 0.717) is 6.42 Å². The minimum absolute atomic E-state index is 0. The van der Waals surface area contributed by atoms with Gasteiger partial charge in [-0.05, 0) is 18.8 Å². The molecule has 0 radical (unpaired) electrons. The summed E-state index contributed by atoms with van der Waals surface area (Å²) in [5, 5.41) is 11.7. The van der Waals surface area contributed by atoms with Crippen molar-refractivity contribution >= 4 is 33.0 Å². The molecule has 150 valence electrons. The Hall–Kier alpha value is -0.350. The van der Waals surface area contributed by atoms with Crippen LogP contribution >= 0.6 is 15.2 Å². The summed E-state index contributed by atoms with van der Waals surface area (Å²) in [5.74, 6) is -1.20. The molecule has 1 aliphatic rings. The van der Waals surface area contributed by atoms with Crippen LogP contribution in [0.1, 0.15) is 40.0 Å². The second-order valence-corrected chi connectivity index (χ2v) is 9.30. The first kappa shape index (κ1) is 28.9. The van der Waals surface area contributed by atoms with Crippen molar-refractivity contribution in [3.05, 3.63) is 11.6 Å². The monoisotopic (exact) mass is 436 g/mol. The number of amides is 2. The van der Waals surface area contributed by atoms with Crippen molar-refractivity contribution in [2.45, 2.75) is 40.0 Å². The van der Waals surface area contributed by atoms with E-state index in [0.717, 1.165) is 12.8 Å². The maximum absolute atomic E-state index is 11.9. The van der Waals surface area contributed by atoms with E-state index in [1.165, 1.54) is 0 Å². The molecule has 2 unspecified atom stereocenters. The maximum atomic E-state index is 11.9. The summed E-state index contributed by atoms with van der Waals surface area (Å²) in [6.07, 6.45) is 2.02. The van der Waals surface area contributed by atoms with Crippen LogP contribution in [0, 0.1) is 11.3 Å². The van der Waals surface area contributed by atoms with Crippen molar-refractivity contribution in [1.82, 2.24) is 5.32 Å². The SMILES string of the molecule is C=C(P(=O)(O)O)P(=O)(O)O.CCCC(C)C1(CC)C(=O)N=C([O-])NC1=O.[Na+]. The third-order valence-corrected chi connectivity index (χ3v) is 6.91. The number of hydrogen-bond donors (Lipinski definition) is 5. The molecule has 1 aliphatic heterocycles. The number of nitrogens with one attached hydrogen (secondary N) is 1. The topological polar surface area (TPSA) is 197 Å². The van der Waals surface area contributed by atoms with Crippen molar-refractivity contribution in [2.24, 2.45) is 16.3 Å². The first-order valence-corrected chi connectivity index (χ1v) is 10.8. The number of carbonyl (C=O) groups excluding carboxylic acids is 2. The van der Waals surface area contributed by atoms with Crippen LogP contribution in [0.25, 0.3) is 0 Å². The largest absolute Gasteiger partial charge is 1.00 e. The van der Waals surface area contributed by atoms with E-state index >= 15 is 0 Å². The van der Waals surface area contributed by atoms with Gasteiger partial charge >= 0.3 is 44.7 Å². The normalized spacial score (nSPS) is 21.1. The third kappa shape index (κ3) is 7.53. The Balaban J connectivity index is 0. The van der Waals surface area contributed by atoms with Crippen molar-refractivity contribution in [1.29, 1.82) is 0 Å². The predicted octanol–water partition coefficient (Wildman–Crippen LogP) is -2.99. The molecular weight excluding hydrogens is 413 g/mol. The minimum Gasteiger partial charge on any atom is -0.846 e. The van der Waals surface area contributed by atoms with Crippen molar-refractivity contribution in [3.63, 3.8) is 0 Å². The molecule has 0 saturated carbocycles. The number of nitrogens with zero attached hydrogens (tertiary/aromatic N) is 1. The second-order valence-electron chi connectivity index (χ2n) is 5.70. The number of rotatable bonds is 6. The molecule has 0 aliphatic carbocycles. The molecular formula is C13H23N2NaO9P2. The van der Waals surface area contributed by atoms with Crippen LogP contribution in [0.5, 0.6) is 0 Å². The van der Waals surface area contributed by atoms with Crippen LogP contribution in [-0.2, 0) is 18.7 Å². The molecule has 0 aromatic carbocycles. The van der Waals surface area contributed by atoms with Crippen LogP contribution in [0.2, 0.25) is 0 Å². The van der Waals surface area contributed by atoms with Gasteiger partial charge < -0.3 is 30.0 Å². The smallest absolute Gasteiger partial charge is 0.846 e. The van der Waals surface area contributed by atoms with Crippen molar-refractivity contribution < 1.29 is 73.0 Å². The van der Waals surface area contributed by atoms with Crippen LogP contribution in [0.4, 0.5) is 0 Å². The van der Waals surface area contributed by atoms with Gasteiger partial charge in [0.25, 0.3) is 5.91 Å². The van der Waals surface area contributed by atoms with Gasteiger partial charge in [-0.25, -0.2) is 4.99 Å². The van der Waals surface area contributed by atoms with Gasteiger partial charge in [0.1, 0.15) is 10.5 Å².